The van der Waals surface area contributed by atoms with Gasteiger partial charge in [-0.2, -0.15) is 0 Å². The molecule has 2 heterocycles. The van der Waals surface area contributed by atoms with E-state index in [1.54, 1.807) is 4.90 Å². The number of amides is 1. The highest BCUT2D eigenvalue weighted by Gasteiger charge is 2.28. The first-order valence-corrected chi connectivity index (χ1v) is 8.95. The maximum Gasteiger partial charge on any atom is 0.276 e. The largest absolute Gasteiger partial charge is 0.492 e. The third kappa shape index (κ3) is 4.56. The average molecular weight is 361 g/mol. The van der Waals surface area contributed by atoms with Crippen LogP contribution in [0.15, 0.2) is 30.0 Å². The van der Waals surface area contributed by atoms with Crippen molar-refractivity contribution in [1.82, 2.24) is 15.1 Å². The standard InChI is InChI=1S/C18H23N3O3S/c1-2-21-17(22)16(19-18(21)25)13-14-3-5-15(6-4-14)24-12-9-20-7-10-23-11-8-20/h3-6,13H,2,7-12H2,1H3,(H,19,25)/b16-13+. The molecule has 0 aliphatic carbocycles. The lowest BCUT2D eigenvalue weighted by molar-refractivity contribution is -0.122. The lowest BCUT2D eigenvalue weighted by Gasteiger charge is -2.26. The molecule has 0 saturated carbocycles. The normalized spacial score (nSPS) is 20.2. The van der Waals surface area contributed by atoms with E-state index >= 15 is 0 Å². The number of carbonyl (C=O) groups excluding carboxylic acids is 1. The number of hydrogen-bond acceptors (Lipinski definition) is 5. The first-order valence-electron chi connectivity index (χ1n) is 8.55. The fraction of sp³-hybridized carbons (Fsp3) is 0.444. The highest BCUT2D eigenvalue weighted by Crippen LogP contribution is 2.17. The molecule has 1 aromatic carbocycles. The van der Waals surface area contributed by atoms with Gasteiger partial charge in [0.2, 0.25) is 0 Å². The molecule has 0 radical (unpaired) electrons. The van der Waals surface area contributed by atoms with Crippen LogP contribution in [0.3, 0.4) is 0 Å². The molecule has 25 heavy (non-hydrogen) atoms. The summed E-state index contributed by atoms with van der Waals surface area (Å²) in [7, 11) is 0. The highest BCUT2D eigenvalue weighted by molar-refractivity contribution is 7.80. The van der Waals surface area contributed by atoms with Gasteiger partial charge in [0.05, 0.1) is 13.2 Å². The monoisotopic (exact) mass is 361 g/mol. The van der Waals surface area contributed by atoms with E-state index in [4.69, 9.17) is 21.7 Å². The molecule has 1 N–H and O–H groups in total. The lowest BCUT2D eigenvalue weighted by Crippen LogP contribution is -2.38. The quantitative estimate of drug-likeness (QED) is 0.612. The summed E-state index contributed by atoms with van der Waals surface area (Å²) in [5.74, 6) is 0.741. The van der Waals surface area contributed by atoms with Gasteiger partial charge in [-0.1, -0.05) is 12.1 Å². The van der Waals surface area contributed by atoms with Gasteiger partial charge in [0, 0.05) is 26.2 Å². The highest BCUT2D eigenvalue weighted by atomic mass is 32.1. The van der Waals surface area contributed by atoms with Crippen LogP contribution in [0.2, 0.25) is 0 Å². The van der Waals surface area contributed by atoms with Crippen LogP contribution in [-0.2, 0) is 9.53 Å². The number of hydrogen-bond donors (Lipinski definition) is 1. The van der Waals surface area contributed by atoms with Gasteiger partial charge < -0.3 is 14.8 Å². The second-order valence-corrected chi connectivity index (χ2v) is 6.30. The van der Waals surface area contributed by atoms with Crippen molar-refractivity contribution in [3.8, 4) is 5.75 Å². The molecule has 0 aromatic heterocycles. The second-order valence-electron chi connectivity index (χ2n) is 5.91. The number of nitrogens with one attached hydrogen (secondary N) is 1. The van der Waals surface area contributed by atoms with Crippen molar-refractivity contribution >= 4 is 29.3 Å². The maximum atomic E-state index is 12.2. The van der Waals surface area contributed by atoms with E-state index in [0.717, 1.165) is 44.2 Å². The Bertz CT molecular complexity index is 654. The third-order valence-electron chi connectivity index (χ3n) is 4.25. The molecule has 3 rings (SSSR count). The van der Waals surface area contributed by atoms with Crippen LogP contribution in [0.1, 0.15) is 12.5 Å². The summed E-state index contributed by atoms with van der Waals surface area (Å²) < 4.78 is 11.1. The molecule has 0 unspecified atom stereocenters. The molecule has 134 valence electrons. The zero-order chi connectivity index (χ0) is 17.6. The Kier molecular flexibility index (Phi) is 6.01. The summed E-state index contributed by atoms with van der Waals surface area (Å²) in [4.78, 5) is 16.1. The molecule has 0 spiro atoms. The maximum absolute atomic E-state index is 12.2. The van der Waals surface area contributed by atoms with Gasteiger partial charge in [-0.15, -0.1) is 0 Å². The molecular formula is C18H23N3O3S. The second kappa shape index (κ2) is 8.42. The minimum atomic E-state index is -0.0849. The van der Waals surface area contributed by atoms with Gasteiger partial charge in [-0.3, -0.25) is 14.6 Å². The molecule has 7 heteroatoms. The summed E-state index contributed by atoms with van der Waals surface area (Å²) in [5.41, 5.74) is 1.44. The number of carbonyl (C=O) groups is 1. The molecule has 0 atom stereocenters. The summed E-state index contributed by atoms with van der Waals surface area (Å²) >= 11 is 5.15. The van der Waals surface area contributed by atoms with Crippen molar-refractivity contribution in [3.63, 3.8) is 0 Å². The Hall–Kier alpha value is -1.96. The molecule has 1 amide bonds. The van der Waals surface area contributed by atoms with Gasteiger partial charge in [0.15, 0.2) is 5.11 Å². The zero-order valence-corrected chi connectivity index (χ0v) is 15.2. The van der Waals surface area contributed by atoms with E-state index in [0.29, 0.717) is 24.0 Å². The van der Waals surface area contributed by atoms with Crippen molar-refractivity contribution in [3.05, 3.63) is 35.5 Å². The zero-order valence-electron chi connectivity index (χ0n) is 14.4. The number of nitrogens with zero attached hydrogens (tertiary/aromatic N) is 2. The van der Waals surface area contributed by atoms with E-state index < -0.39 is 0 Å². The average Bonchev–Trinajstić information content (AvgIpc) is 2.90. The number of likely N-dealkylation sites (N-methyl/N-ethyl adjacent to an activating group) is 1. The van der Waals surface area contributed by atoms with Crippen LogP contribution in [0.5, 0.6) is 5.75 Å². The number of ether oxygens (including phenoxy) is 2. The summed E-state index contributed by atoms with van der Waals surface area (Å²) in [6.45, 7) is 7.55. The Labute approximate surface area is 153 Å². The van der Waals surface area contributed by atoms with E-state index in [2.05, 4.69) is 10.2 Å². The third-order valence-corrected chi connectivity index (χ3v) is 4.57. The topological polar surface area (TPSA) is 54.0 Å². The van der Waals surface area contributed by atoms with Gasteiger partial charge in [0.25, 0.3) is 5.91 Å². The molecule has 2 aliphatic rings. The smallest absolute Gasteiger partial charge is 0.276 e. The van der Waals surface area contributed by atoms with Crippen molar-refractivity contribution in [2.45, 2.75) is 6.92 Å². The predicted molar refractivity (Wildman–Crippen MR) is 100 cm³/mol. The van der Waals surface area contributed by atoms with Crippen molar-refractivity contribution < 1.29 is 14.3 Å². The molecule has 2 fully saturated rings. The lowest BCUT2D eigenvalue weighted by atomic mass is 10.2. The fourth-order valence-corrected chi connectivity index (χ4v) is 3.13. The number of morpholine rings is 1. The SMILES string of the molecule is CCN1C(=O)/C(=C\c2ccc(OCCN3CCOCC3)cc2)NC1=S. The molecule has 0 bridgehead atoms. The number of rotatable bonds is 6. The molecule has 2 aliphatic heterocycles. The first-order chi connectivity index (χ1) is 12.2. The fourth-order valence-electron chi connectivity index (χ4n) is 2.80. The Morgan fingerprint density at radius 2 is 2.00 bits per heavy atom. The first kappa shape index (κ1) is 17.8. The Balaban J connectivity index is 1.53. The van der Waals surface area contributed by atoms with Crippen LogP contribution in [-0.4, -0.2) is 66.8 Å². The molecule has 1 aromatic rings. The Morgan fingerprint density at radius 3 is 2.64 bits per heavy atom. The minimum Gasteiger partial charge on any atom is -0.492 e. The van der Waals surface area contributed by atoms with Gasteiger partial charge >= 0.3 is 0 Å². The molecule has 2 saturated heterocycles. The van der Waals surface area contributed by atoms with Crippen molar-refractivity contribution in [1.29, 1.82) is 0 Å². The van der Waals surface area contributed by atoms with Gasteiger partial charge in [-0.25, -0.2) is 0 Å². The van der Waals surface area contributed by atoms with E-state index in [9.17, 15) is 4.79 Å². The van der Waals surface area contributed by atoms with Gasteiger partial charge in [-0.05, 0) is 42.9 Å². The van der Waals surface area contributed by atoms with E-state index in [1.807, 2.05) is 37.3 Å². The van der Waals surface area contributed by atoms with Crippen LogP contribution in [0.25, 0.3) is 6.08 Å². The summed E-state index contributed by atoms with van der Waals surface area (Å²) in [6, 6.07) is 7.70. The molecule has 6 nitrogen and oxygen atoms in total. The summed E-state index contributed by atoms with van der Waals surface area (Å²) in [5, 5.41) is 3.42. The molecular weight excluding hydrogens is 338 g/mol. The van der Waals surface area contributed by atoms with Crippen LogP contribution in [0, 0.1) is 0 Å². The van der Waals surface area contributed by atoms with Gasteiger partial charge in [0.1, 0.15) is 18.1 Å². The van der Waals surface area contributed by atoms with Crippen LogP contribution in [0.4, 0.5) is 0 Å². The predicted octanol–water partition coefficient (Wildman–Crippen LogP) is 1.48. The minimum absolute atomic E-state index is 0.0849. The van der Waals surface area contributed by atoms with Crippen LogP contribution >= 0.6 is 12.2 Å². The van der Waals surface area contributed by atoms with E-state index in [1.165, 1.54) is 0 Å². The number of benzene rings is 1. The number of thiocarbonyl (C=S) groups is 1. The van der Waals surface area contributed by atoms with Crippen LogP contribution < -0.4 is 10.1 Å². The van der Waals surface area contributed by atoms with E-state index in [-0.39, 0.29) is 5.91 Å². The summed E-state index contributed by atoms with van der Waals surface area (Å²) in [6.07, 6.45) is 1.81. The van der Waals surface area contributed by atoms with Crippen molar-refractivity contribution in [2.75, 3.05) is 46.0 Å². The van der Waals surface area contributed by atoms with Crippen molar-refractivity contribution in [2.24, 2.45) is 0 Å². The Morgan fingerprint density at radius 1 is 1.28 bits per heavy atom.